The maximum atomic E-state index is 13.4. The van der Waals surface area contributed by atoms with Crippen LogP contribution in [0.4, 0.5) is 27.6 Å². The molecule has 0 aliphatic carbocycles. The monoisotopic (exact) mass is 383 g/mol. The molecule has 1 rings (SSSR count). The first-order chi connectivity index (χ1) is 11.1. The Morgan fingerprint density at radius 3 is 2.20 bits per heavy atom. The molecule has 0 bridgehead atoms. The summed E-state index contributed by atoms with van der Waals surface area (Å²) in [5.41, 5.74) is 3.79. The number of halogens is 5. The van der Waals surface area contributed by atoms with Gasteiger partial charge in [-0.2, -0.15) is 30.4 Å². The fraction of sp³-hybridized carbons (Fsp3) is 0.364. The van der Waals surface area contributed by atoms with Crippen molar-refractivity contribution in [3.63, 3.8) is 0 Å². The van der Waals surface area contributed by atoms with Crippen molar-refractivity contribution >= 4 is 42.9 Å². The van der Waals surface area contributed by atoms with E-state index in [-0.39, 0.29) is 17.3 Å². The summed E-state index contributed by atoms with van der Waals surface area (Å²) in [7, 11) is 4.14. The van der Waals surface area contributed by atoms with Gasteiger partial charge in [-0.3, -0.25) is 4.55 Å². The van der Waals surface area contributed by atoms with Crippen LogP contribution in [0.25, 0.3) is 0 Å². The van der Waals surface area contributed by atoms with Gasteiger partial charge in [0.15, 0.2) is 0 Å². The van der Waals surface area contributed by atoms with Crippen molar-refractivity contribution in [3.05, 3.63) is 23.3 Å². The molecule has 0 saturated carbocycles. The van der Waals surface area contributed by atoms with Crippen LogP contribution >= 0.6 is 0 Å². The van der Waals surface area contributed by atoms with Crippen molar-refractivity contribution < 1.29 is 44.5 Å². The summed E-state index contributed by atoms with van der Waals surface area (Å²) in [6, 6.07) is 2.02. The summed E-state index contributed by atoms with van der Waals surface area (Å²) in [5.74, 6) is -2.04. The highest BCUT2D eigenvalue weighted by atomic mass is 32.2. The Bertz CT molecular complexity index is 784. The largest absolute Gasteiger partial charge is 0.441 e. The van der Waals surface area contributed by atoms with Crippen molar-refractivity contribution in [1.29, 1.82) is 0 Å². The number of rotatable bonds is 5. The summed E-state index contributed by atoms with van der Waals surface area (Å²) < 4.78 is 98.0. The molecule has 4 radical (unpaired) electrons. The summed E-state index contributed by atoms with van der Waals surface area (Å²) in [4.78, 5) is 11.8. The number of nitrogens with two attached hydrogens (primary N) is 1. The normalized spacial score (nSPS) is 14.2. The average molecular weight is 383 g/mol. The molecule has 0 spiro atoms. The molecule has 134 valence electrons. The number of alkyl halides is 5. The Balaban J connectivity index is 3.37. The highest BCUT2D eigenvalue weighted by Gasteiger charge is 2.66. The van der Waals surface area contributed by atoms with Crippen LogP contribution in [-0.2, 0) is 21.2 Å². The van der Waals surface area contributed by atoms with Gasteiger partial charge in [0, 0.05) is 5.69 Å². The van der Waals surface area contributed by atoms with Gasteiger partial charge in [0.05, 0.1) is 13.4 Å². The second-order valence-corrected chi connectivity index (χ2v) is 6.21. The van der Waals surface area contributed by atoms with Gasteiger partial charge in [-0.1, -0.05) is 23.4 Å². The van der Waals surface area contributed by atoms with Crippen LogP contribution < -0.4 is 11.2 Å². The van der Waals surface area contributed by atoms with Gasteiger partial charge in [-0.15, -0.1) is 0 Å². The molecule has 1 aromatic carbocycles. The molecule has 1 unspecified atom stereocenters. The van der Waals surface area contributed by atoms with E-state index < -0.39 is 44.9 Å². The topological polar surface area (TPSA) is 107 Å². The molecule has 1 aromatic rings. The Kier molecular flexibility index (Phi) is 5.79. The number of nitrogen functional groups attached to an aromatic ring is 1. The first-order valence-electron chi connectivity index (χ1n) is 6.13. The lowest BCUT2D eigenvalue weighted by atomic mass is 9.86. The average Bonchev–Trinajstić information content (AvgIpc) is 2.44. The summed E-state index contributed by atoms with van der Waals surface area (Å²) in [6.45, 7) is 0. The van der Waals surface area contributed by atoms with Crippen LogP contribution in [0.1, 0.15) is 15.9 Å². The van der Waals surface area contributed by atoms with Crippen LogP contribution in [0.2, 0.25) is 0 Å². The molecule has 0 saturated heterocycles. The van der Waals surface area contributed by atoms with Crippen LogP contribution in [0, 0.1) is 0 Å². The van der Waals surface area contributed by atoms with E-state index in [2.05, 4.69) is 4.74 Å². The number of esters is 1. The van der Waals surface area contributed by atoms with E-state index in [9.17, 15) is 35.2 Å². The molecule has 0 aromatic heterocycles. The van der Waals surface area contributed by atoms with Crippen molar-refractivity contribution in [2.24, 2.45) is 0 Å². The zero-order chi connectivity index (χ0) is 19.8. The standard InChI is InChI=1S/C11H8B2F5NO5S/c12-3-4-1-5(7(19)6(13)2-4)8(20)24-9(10(14,15)16)11(17,18)25(21,22)23/h1-2,9H,3,19H2,(H,21,22,23). The SMILES string of the molecule is [B]Cc1cc([B])c(N)c(C(=O)OC(C(F)(F)F)C(F)(F)S(=O)(=O)O)c1. The predicted octanol–water partition coefficient (Wildman–Crippen LogP) is 0.299. The minimum absolute atomic E-state index is 0.115. The molecule has 1 atom stereocenters. The van der Waals surface area contributed by atoms with E-state index in [4.69, 9.17) is 26.0 Å². The Morgan fingerprint density at radius 1 is 1.28 bits per heavy atom. The number of carbonyl (C=O) groups is 1. The highest BCUT2D eigenvalue weighted by molar-refractivity contribution is 7.86. The second-order valence-electron chi connectivity index (χ2n) is 4.71. The molecule has 0 heterocycles. The lowest BCUT2D eigenvalue weighted by Crippen LogP contribution is -2.52. The van der Waals surface area contributed by atoms with Crippen LogP contribution in [0.5, 0.6) is 0 Å². The van der Waals surface area contributed by atoms with Crippen molar-refractivity contribution in [3.8, 4) is 0 Å². The van der Waals surface area contributed by atoms with Gasteiger partial charge < -0.3 is 10.5 Å². The molecule has 6 nitrogen and oxygen atoms in total. The van der Waals surface area contributed by atoms with Gasteiger partial charge in [0.2, 0.25) is 0 Å². The third kappa shape index (κ3) is 4.42. The quantitative estimate of drug-likeness (QED) is 0.249. The maximum Gasteiger partial charge on any atom is 0.432 e. The first-order valence-corrected chi connectivity index (χ1v) is 7.57. The smallest absolute Gasteiger partial charge is 0.432 e. The van der Waals surface area contributed by atoms with Gasteiger partial charge in [0.1, 0.15) is 7.85 Å². The molecule has 25 heavy (non-hydrogen) atoms. The lowest BCUT2D eigenvalue weighted by Gasteiger charge is -2.26. The van der Waals surface area contributed by atoms with Gasteiger partial charge in [-0.25, -0.2) is 4.79 Å². The Morgan fingerprint density at radius 2 is 1.80 bits per heavy atom. The molecule has 0 fully saturated rings. The molecular weight excluding hydrogens is 375 g/mol. The van der Waals surface area contributed by atoms with Gasteiger partial charge >= 0.3 is 27.5 Å². The van der Waals surface area contributed by atoms with Crippen molar-refractivity contribution in [1.82, 2.24) is 0 Å². The third-order valence-electron chi connectivity index (χ3n) is 2.90. The Hall–Kier alpha value is -1.82. The minimum atomic E-state index is -6.55. The van der Waals surface area contributed by atoms with Crippen LogP contribution in [0.3, 0.4) is 0 Å². The van der Waals surface area contributed by atoms with Gasteiger partial charge in [0.25, 0.3) is 6.10 Å². The zero-order valence-electron chi connectivity index (χ0n) is 12.0. The van der Waals surface area contributed by atoms with E-state index in [1.54, 1.807) is 0 Å². The predicted molar refractivity (Wildman–Crippen MR) is 77.5 cm³/mol. The van der Waals surface area contributed by atoms with E-state index in [0.717, 1.165) is 6.07 Å². The number of anilines is 1. The minimum Gasteiger partial charge on any atom is -0.441 e. The van der Waals surface area contributed by atoms with Crippen molar-refractivity contribution in [2.45, 2.75) is 23.9 Å². The number of hydrogen-bond acceptors (Lipinski definition) is 5. The van der Waals surface area contributed by atoms with Crippen molar-refractivity contribution in [2.75, 3.05) is 5.73 Å². The third-order valence-corrected chi connectivity index (χ3v) is 3.80. The zero-order valence-corrected chi connectivity index (χ0v) is 12.9. The number of hydrogen-bond donors (Lipinski definition) is 2. The highest BCUT2D eigenvalue weighted by Crippen LogP contribution is 2.38. The van der Waals surface area contributed by atoms with E-state index in [1.165, 1.54) is 6.07 Å². The molecular formula is C11H8B2F5NO5S. The summed E-state index contributed by atoms with van der Waals surface area (Å²) in [6.07, 6.45) is -10.7. The lowest BCUT2D eigenvalue weighted by molar-refractivity contribution is -0.247. The van der Waals surface area contributed by atoms with E-state index in [1.807, 2.05) is 0 Å². The molecule has 0 aliphatic heterocycles. The second kappa shape index (κ2) is 6.83. The molecule has 0 aliphatic rings. The number of benzene rings is 1. The fourth-order valence-electron chi connectivity index (χ4n) is 1.66. The molecule has 0 amide bonds. The molecule has 14 heteroatoms. The van der Waals surface area contributed by atoms with E-state index >= 15 is 0 Å². The molecule has 3 N–H and O–H groups in total. The maximum absolute atomic E-state index is 13.4. The first kappa shape index (κ1) is 21.2. The summed E-state index contributed by atoms with van der Waals surface area (Å²) >= 11 is 0. The fourth-order valence-corrected chi connectivity index (χ4v) is 2.11. The van der Waals surface area contributed by atoms with E-state index in [0.29, 0.717) is 0 Å². The van der Waals surface area contributed by atoms with Crippen LogP contribution in [-0.4, -0.2) is 52.2 Å². The van der Waals surface area contributed by atoms with Crippen LogP contribution in [0.15, 0.2) is 12.1 Å². The van der Waals surface area contributed by atoms with Gasteiger partial charge in [-0.05, 0) is 6.07 Å². The Labute approximate surface area is 141 Å². The number of carbonyl (C=O) groups excluding carboxylic acids is 1. The number of ether oxygens (including phenoxy) is 1. The summed E-state index contributed by atoms with van der Waals surface area (Å²) in [5, 5.41) is -5.85.